The first-order valence-corrected chi connectivity index (χ1v) is 7.82. The van der Waals surface area contributed by atoms with Crippen molar-refractivity contribution in [2.45, 2.75) is 13.0 Å². The molecule has 2 rings (SSSR count). The number of pyridine rings is 1. The summed E-state index contributed by atoms with van der Waals surface area (Å²) in [6.45, 7) is 1.25. The van der Waals surface area contributed by atoms with Crippen LogP contribution < -0.4 is 20.3 Å². The highest BCUT2D eigenvalue weighted by atomic mass is 16.5. The Morgan fingerprint density at radius 1 is 1.19 bits per heavy atom. The number of H-pyrrole nitrogens is 1. The molecule has 0 spiro atoms. The van der Waals surface area contributed by atoms with Crippen molar-refractivity contribution in [1.29, 1.82) is 0 Å². The van der Waals surface area contributed by atoms with E-state index in [0.29, 0.717) is 17.1 Å². The molecule has 0 fully saturated rings. The summed E-state index contributed by atoms with van der Waals surface area (Å²) in [5.41, 5.74) is -0.0266. The number of nitrogens with one attached hydrogen (secondary N) is 2. The largest absolute Gasteiger partial charge is 0.497 e. The maximum absolute atomic E-state index is 12.1. The first kappa shape index (κ1) is 19.0. The first-order valence-electron chi connectivity index (χ1n) is 7.82. The smallest absolute Gasteiger partial charge is 0.344 e. The lowest BCUT2D eigenvalue weighted by atomic mass is 10.1. The summed E-state index contributed by atoms with van der Waals surface area (Å²) in [5.74, 6) is -0.167. The van der Waals surface area contributed by atoms with E-state index >= 15 is 0 Å². The Morgan fingerprint density at radius 3 is 2.62 bits per heavy atom. The quantitative estimate of drug-likeness (QED) is 0.724. The average molecular weight is 360 g/mol. The number of benzene rings is 1. The highest BCUT2D eigenvalue weighted by Crippen LogP contribution is 2.29. The summed E-state index contributed by atoms with van der Waals surface area (Å²) < 4.78 is 15.3. The molecule has 138 valence electrons. The Hall–Kier alpha value is -3.29. The van der Waals surface area contributed by atoms with E-state index in [9.17, 15) is 14.4 Å². The number of aromatic amines is 1. The highest BCUT2D eigenvalue weighted by molar-refractivity contribution is 5.90. The van der Waals surface area contributed by atoms with E-state index in [-0.39, 0.29) is 5.56 Å². The maximum atomic E-state index is 12.1. The van der Waals surface area contributed by atoms with Crippen molar-refractivity contribution in [3.05, 3.63) is 58.0 Å². The third kappa shape index (κ3) is 4.62. The zero-order valence-electron chi connectivity index (χ0n) is 14.7. The van der Waals surface area contributed by atoms with Crippen LogP contribution in [0, 0.1) is 0 Å². The lowest BCUT2D eigenvalue weighted by Crippen LogP contribution is -2.32. The SMILES string of the molecule is COc1ccc(OC)c([C@H](C)NC(=O)COC(=O)c2ccc[nH]c2=O)c1. The molecule has 1 atom stereocenters. The van der Waals surface area contributed by atoms with Crippen LogP contribution in [0.25, 0.3) is 0 Å². The molecule has 2 N–H and O–H groups in total. The molecule has 0 radical (unpaired) electrons. The molecule has 0 saturated heterocycles. The molecule has 26 heavy (non-hydrogen) atoms. The van der Waals surface area contributed by atoms with Gasteiger partial charge in [-0.05, 0) is 37.3 Å². The van der Waals surface area contributed by atoms with Crippen molar-refractivity contribution >= 4 is 11.9 Å². The molecule has 1 aromatic carbocycles. The average Bonchev–Trinajstić information content (AvgIpc) is 2.65. The van der Waals surface area contributed by atoms with E-state index in [0.717, 1.165) is 0 Å². The Balaban J connectivity index is 1.98. The van der Waals surface area contributed by atoms with Crippen molar-refractivity contribution in [1.82, 2.24) is 10.3 Å². The summed E-state index contributed by atoms with van der Waals surface area (Å²) in [6.07, 6.45) is 1.40. The molecule has 0 unspecified atom stereocenters. The fourth-order valence-electron chi connectivity index (χ4n) is 2.33. The van der Waals surface area contributed by atoms with Gasteiger partial charge in [0.05, 0.1) is 20.3 Å². The van der Waals surface area contributed by atoms with Gasteiger partial charge in [0.1, 0.15) is 17.1 Å². The normalized spacial score (nSPS) is 11.3. The van der Waals surface area contributed by atoms with Crippen LogP contribution in [0.15, 0.2) is 41.3 Å². The van der Waals surface area contributed by atoms with Gasteiger partial charge in [0.15, 0.2) is 6.61 Å². The number of hydrogen-bond donors (Lipinski definition) is 2. The van der Waals surface area contributed by atoms with Crippen LogP contribution in [0.5, 0.6) is 11.5 Å². The van der Waals surface area contributed by atoms with Crippen LogP contribution >= 0.6 is 0 Å². The van der Waals surface area contributed by atoms with E-state index in [1.165, 1.54) is 25.4 Å². The Bertz CT molecular complexity index is 846. The molecule has 0 aliphatic carbocycles. The van der Waals surface area contributed by atoms with Gasteiger partial charge >= 0.3 is 5.97 Å². The first-order chi connectivity index (χ1) is 12.5. The number of ether oxygens (including phenoxy) is 3. The van der Waals surface area contributed by atoms with E-state index < -0.39 is 30.1 Å². The third-order valence-corrected chi connectivity index (χ3v) is 3.65. The molecule has 0 bridgehead atoms. The zero-order chi connectivity index (χ0) is 19.1. The fraction of sp³-hybridized carbons (Fsp3) is 0.278. The van der Waals surface area contributed by atoms with Crippen molar-refractivity contribution in [2.75, 3.05) is 20.8 Å². The molecule has 8 heteroatoms. The number of methoxy groups -OCH3 is 2. The summed E-state index contributed by atoms with van der Waals surface area (Å²) in [6, 6.07) is 7.64. The summed E-state index contributed by atoms with van der Waals surface area (Å²) in [5, 5.41) is 2.71. The van der Waals surface area contributed by atoms with Gasteiger partial charge in [-0.3, -0.25) is 9.59 Å². The topological polar surface area (TPSA) is 107 Å². The molecule has 1 aromatic heterocycles. The molecular formula is C18H20N2O6. The van der Waals surface area contributed by atoms with Gasteiger partial charge in [-0.2, -0.15) is 0 Å². The maximum Gasteiger partial charge on any atom is 0.344 e. The van der Waals surface area contributed by atoms with Crippen molar-refractivity contribution in [2.24, 2.45) is 0 Å². The molecule has 0 aliphatic heterocycles. The van der Waals surface area contributed by atoms with E-state index in [2.05, 4.69) is 10.3 Å². The summed E-state index contributed by atoms with van der Waals surface area (Å²) in [4.78, 5) is 37.8. The number of carbonyl (C=O) groups excluding carboxylic acids is 2. The predicted molar refractivity (Wildman–Crippen MR) is 93.4 cm³/mol. The van der Waals surface area contributed by atoms with Crippen LogP contribution in [0.4, 0.5) is 0 Å². The minimum absolute atomic E-state index is 0.164. The lowest BCUT2D eigenvalue weighted by molar-refractivity contribution is -0.124. The second kappa shape index (κ2) is 8.70. The zero-order valence-corrected chi connectivity index (χ0v) is 14.7. The number of amides is 1. The predicted octanol–water partition coefficient (Wildman–Crippen LogP) is 1.43. The molecule has 1 heterocycles. The number of carbonyl (C=O) groups is 2. The van der Waals surface area contributed by atoms with Crippen LogP contribution in [-0.4, -0.2) is 37.7 Å². The Labute approximate surface area is 150 Å². The van der Waals surface area contributed by atoms with Crippen molar-refractivity contribution in [3.63, 3.8) is 0 Å². The van der Waals surface area contributed by atoms with E-state index in [4.69, 9.17) is 14.2 Å². The van der Waals surface area contributed by atoms with Gasteiger partial charge < -0.3 is 24.5 Å². The standard InChI is InChI=1S/C18H20N2O6/c1-11(14-9-12(24-2)6-7-15(14)25-3)20-16(21)10-26-18(23)13-5-4-8-19-17(13)22/h4-9,11H,10H2,1-3H3,(H,19,22)(H,20,21)/t11-/m0/s1. The number of rotatable bonds is 7. The molecule has 0 saturated carbocycles. The number of esters is 1. The van der Waals surface area contributed by atoms with Crippen LogP contribution in [0.1, 0.15) is 28.9 Å². The van der Waals surface area contributed by atoms with Crippen molar-refractivity contribution < 1.29 is 23.8 Å². The van der Waals surface area contributed by atoms with E-state index in [1.807, 2.05) is 0 Å². The highest BCUT2D eigenvalue weighted by Gasteiger charge is 2.17. The van der Waals surface area contributed by atoms with Crippen LogP contribution in [0.3, 0.4) is 0 Å². The van der Waals surface area contributed by atoms with Crippen molar-refractivity contribution in [3.8, 4) is 11.5 Å². The minimum Gasteiger partial charge on any atom is -0.497 e. The van der Waals surface area contributed by atoms with Gasteiger partial charge in [-0.25, -0.2) is 4.79 Å². The molecule has 1 amide bonds. The fourth-order valence-corrected chi connectivity index (χ4v) is 2.33. The number of aromatic nitrogens is 1. The molecule has 8 nitrogen and oxygen atoms in total. The Kier molecular flexibility index (Phi) is 6.37. The van der Waals surface area contributed by atoms with Gasteiger partial charge in [0, 0.05) is 11.8 Å². The van der Waals surface area contributed by atoms with Gasteiger partial charge in [-0.15, -0.1) is 0 Å². The summed E-state index contributed by atoms with van der Waals surface area (Å²) >= 11 is 0. The van der Waals surface area contributed by atoms with Gasteiger partial charge in [0.25, 0.3) is 11.5 Å². The molecule has 0 aliphatic rings. The summed E-state index contributed by atoms with van der Waals surface area (Å²) in [7, 11) is 3.07. The molecule has 2 aromatic rings. The second-order valence-corrected chi connectivity index (χ2v) is 5.39. The number of hydrogen-bond acceptors (Lipinski definition) is 6. The van der Waals surface area contributed by atoms with Gasteiger partial charge in [-0.1, -0.05) is 0 Å². The monoisotopic (exact) mass is 360 g/mol. The van der Waals surface area contributed by atoms with Gasteiger partial charge in [0.2, 0.25) is 0 Å². The minimum atomic E-state index is -0.867. The Morgan fingerprint density at radius 2 is 1.96 bits per heavy atom. The third-order valence-electron chi connectivity index (χ3n) is 3.65. The van der Waals surface area contributed by atoms with Crippen LogP contribution in [0.2, 0.25) is 0 Å². The second-order valence-electron chi connectivity index (χ2n) is 5.39. The molecular weight excluding hydrogens is 340 g/mol. The lowest BCUT2D eigenvalue weighted by Gasteiger charge is -2.18. The van der Waals surface area contributed by atoms with Crippen LogP contribution in [-0.2, 0) is 9.53 Å². The van der Waals surface area contributed by atoms with E-state index in [1.54, 1.807) is 32.2 Å².